The van der Waals surface area contributed by atoms with Crippen molar-refractivity contribution in [1.29, 1.82) is 5.26 Å². The maximum atomic E-state index is 12.2. The number of nitriles is 1. The van der Waals surface area contributed by atoms with Crippen LogP contribution < -0.4 is 15.2 Å². The van der Waals surface area contributed by atoms with E-state index in [4.69, 9.17) is 15.7 Å². The minimum absolute atomic E-state index is 0.0901. The molecular formula is C13H13N3O3S2. The summed E-state index contributed by atoms with van der Waals surface area (Å²) in [5.41, 5.74) is 5.73. The highest BCUT2D eigenvalue weighted by atomic mass is 32.2. The quantitative estimate of drug-likeness (QED) is 0.842. The minimum atomic E-state index is -3.70. The fourth-order valence-corrected chi connectivity index (χ4v) is 3.71. The molecule has 0 radical (unpaired) electrons. The number of benzene rings is 1. The van der Waals surface area contributed by atoms with E-state index in [0.717, 1.165) is 11.3 Å². The number of nitrogens with two attached hydrogens (primary N) is 1. The van der Waals surface area contributed by atoms with E-state index in [1.54, 1.807) is 24.3 Å². The number of sulfonamides is 1. The van der Waals surface area contributed by atoms with Crippen molar-refractivity contribution in [3.05, 3.63) is 41.3 Å². The lowest BCUT2D eigenvalue weighted by Gasteiger charge is -2.09. The van der Waals surface area contributed by atoms with Gasteiger partial charge in [-0.1, -0.05) is 6.07 Å². The summed E-state index contributed by atoms with van der Waals surface area (Å²) in [5, 5.41) is 8.74. The van der Waals surface area contributed by atoms with Gasteiger partial charge in [-0.05, 0) is 24.3 Å². The highest BCUT2D eigenvalue weighted by Crippen LogP contribution is 2.25. The zero-order valence-corrected chi connectivity index (χ0v) is 12.6. The molecule has 21 heavy (non-hydrogen) atoms. The van der Waals surface area contributed by atoms with Crippen molar-refractivity contribution in [1.82, 2.24) is 0 Å². The van der Waals surface area contributed by atoms with Gasteiger partial charge in [0.2, 0.25) is 0 Å². The van der Waals surface area contributed by atoms with Gasteiger partial charge in [-0.25, -0.2) is 8.42 Å². The van der Waals surface area contributed by atoms with Gasteiger partial charge in [0, 0.05) is 12.6 Å². The Balaban J connectivity index is 2.18. The molecule has 2 rings (SSSR count). The molecule has 0 aliphatic heterocycles. The maximum Gasteiger partial charge on any atom is 0.271 e. The highest BCUT2D eigenvalue weighted by molar-refractivity contribution is 7.94. The Bertz CT molecular complexity index is 763. The van der Waals surface area contributed by atoms with Crippen LogP contribution in [0.4, 0.5) is 5.69 Å². The van der Waals surface area contributed by atoms with Crippen molar-refractivity contribution >= 4 is 27.0 Å². The van der Waals surface area contributed by atoms with Crippen molar-refractivity contribution < 1.29 is 13.2 Å². The van der Waals surface area contributed by atoms with Crippen LogP contribution in [0.15, 0.2) is 40.6 Å². The molecule has 110 valence electrons. The molecule has 2 aromatic rings. The van der Waals surface area contributed by atoms with Gasteiger partial charge in [0.25, 0.3) is 10.0 Å². The zero-order valence-electron chi connectivity index (χ0n) is 10.9. The molecule has 0 saturated carbocycles. The molecule has 0 unspecified atom stereocenters. The third-order valence-corrected chi connectivity index (χ3v) is 5.29. The Morgan fingerprint density at radius 3 is 2.81 bits per heavy atom. The summed E-state index contributed by atoms with van der Waals surface area (Å²) in [6, 6.07) is 11.4. The smallest absolute Gasteiger partial charge is 0.271 e. The summed E-state index contributed by atoms with van der Waals surface area (Å²) >= 11 is 0.918. The van der Waals surface area contributed by atoms with E-state index in [9.17, 15) is 8.42 Å². The van der Waals surface area contributed by atoms with Gasteiger partial charge in [-0.15, -0.1) is 11.3 Å². The number of nitrogens with zero attached hydrogens (tertiary/aromatic N) is 1. The Morgan fingerprint density at radius 2 is 2.14 bits per heavy atom. The molecule has 0 fully saturated rings. The number of anilines is 1. The number of thiophene rings is 1. The molecule has 1 aromatic carbocycles. The number of nitrogens with one attached hydrogen (secondary N) is 1. The van der Waals surface area contributed by atoms with Crippen molar-refractivity contribution in [2.75, 3.05) is 17.9 Å². The molecule has 0 amide bonds. The Labute approximate surface area is 126 Å². The third kappa shape index (κ3) is 3.95. The van der Waals surface area contributed by atoms with Crippen LogP contribution in [0.25, 0.3) is 0 Å². The first kappa shape index (κ1) is 15.3. The lowest BCUT2D eigenvalue weighted by Crippen LogP contribution is -2.12. The monoisotopic (exact) mass is 323 g/mol. The van der Waals surface area contributed by atoms with Crippen LogP contribution in [-0.4, -0.2) is 21.6 Å². The minimum Gasteiger partial charge on any atom is -0.492 e. The number of hydrogen-bond donors (Lipinski definition) is 2. The summed E-state index contributed by atoms with van der Waals surface area (Å²) in [7, 11) is -3.70. The lowest BCUT2D eigenvalue weighted by atomic mass is 10.3. The maximum absolute atomic E-state index is 12.2. The Kier molecular flexibility index (Phi) is 4.80. The van der Waals surface area contributed by atoms with Crippen LogP contribution in [0.5, 0.6) is 5.75 Å². The molecule has 1 aromatic heterocycles. The van der Waals surface area contributed by atoms with Crippen LogP contribution in [0.1, 0.15) is 4.88 Å². The first-order chi connectivity index (χ1) is 10.0. The molecule has 1 heterocycles. The molecule has 0 atom stereocenters. The predicted octanol–water partition coefficient (Wildman–Crippen LogP) is 1.76. The number of hydrogen-bond acceptors (Lipinski definition) is 6. The molecule has 8 heteroatoms. The average Bonchev–Trinajstić information content (AvgIpc) is 2.95. The van der Waals surface area contributed by atoms with Crippen molar-refractivity contribution in [2.24, 2.45) is 5.73 Å². The SMILES string of the molecule is N#Cc1ccc(S(=O)(=O)Nc2cccc(OCCN)c2)s1. The molecule has 3 N–H and O–H groups in total. The van der Waals surface area contributed by atoms with E-state index in [1.807, 2.05) is 6.07 Å². The van der Waals surface area contributed by atoms with E-state index in [2.05, 4.69) is 4.72 Å². The molecule has 0 spiro atoms. The molecular weight excluding hydrogens is 310 g/mol. The number of rotatable bonds is 6. The van der Waals surface area contributed by atoms with E-state index >= 15 is 0 Å². The second kappa shape index (κ2) is 6.58. The summed E-state index contributed by atoms with van der Waals surface area (Å²) in [5.74, 6) is 0.532. The predicted molar refractivity (Wildman–Crippen MR) is 80.8 cm³/mol. The average molecular weight is 323 g/mol. The van der Waals surface area contributed by atoms with E-state index in [-0.39, 0.29) is 4.21 Å². The second-order valence-corrected chi connectivity index (χ2v) is 6.99. The molecule has 0 bridgehead atoms. The summed E-state index contributed by atoms with van der Waals surface area (Å²) in [6.45, 7) is 0.731. The summed E-state index contributed by atoms with van der Waals surface area (Å²) in [6.07, 6.45) is 0. The lowest BCUT2D eigenvalue weighted by molar-refractivity contribution is 0.328. The zero-order chi connectivity index (χ0) is 15.3. The van der Waals surface area contributed by atoms with Crippen LogP contribution >= 0.6 is 11.3 Å². The second-order valence-electron chi connectivity index (χ2n) is 4.00. The fourth-order valence-electron chi connectivity index (χ4n) is 1.56. The van der Waals surface area contributed by atoms with E-state index < -0.39 is 10.0 Å². The standard InChI is InChI=1S/C13H13N3O3S2/c14-6-7-19-11-3-1-2-10(8-11)16-21(17,18)13-5-4-12(9-15)20-13/h1-5,8,16H,6-7,14H2. The Hall–Kier alpha value is -2.08. The Morgan fingerprint density at radius 1 is 1.33 bits per heavy atom. The molecule has 6 nitrogen and oxygen atoms in total. The van der Waals surface area contributed by atoms with Gasteiger partial charge >= 0.3 is 0 Å². The largest absolute Gasteiger partial charge is 0.492 e. The first-order valence-corrected chi connectivity index (χ1v) is 8.31. The van der Waals surface area contributed by atoms with Gasteiger partial charge < -0.3 is 10.5 Å². The van der Waals surface area contributed by atoms with Crippen LogP contribution in [-0.2, 0) is 10.0 Å². The summed E-state index contributed by atoms with van der Waals surface area (Å²) < 4.78 is 32.2. The van der Waals surface area contributed by atoms with Gasteiger partial charge in [0.1, 0.15) is 27.5 Å². The first-order valence-electron chi connectivity index (χ1n) is 6.01. The van der Waals surface area contributed by atoms with Gasteiger partial charge in [0.05, 0.1) is 5.69 Å². The molecule has 0 aliphatic carbocycles. The van der Waals surface area contributed by atoms with Crippen LogP contribution in [0.2, 0.25) is 0 Å². The topological polar surface area (TPSA) is 105 Å². The van der Waals surface area contributed by atoms with Gasteiger partial charge in [-0.3, -0.25) is 4.72 Å². The van der Waals surface area contributed by atoms with Crippen LogP contribution in [0.3, 0.4) is 0 Å². The normalized spacial score (nSPS) is 10.9. The van der Waals surface area contributed by atoms with E-state index in [1.165, 1.54) is 12.1 Å². The van der Waals surface area contributed by atoms with Crippen molar-refractivity contribution in [3.63, 3.8) is 0 Å². The molecule has 0 aliphatic rings. The third-order valence-electron chi connectivity index (χ3n) is 2.43. The highest BCUT2D eigenvalue weighted by Gasteiger charge is 2.17. The van der Waals surface area contributed by atoms with Gasteiger partial charge in [-0.2, -0.15) is 5.26 Å². The molecule has 0 saturated heterocycles. The van der Waals surface area contributed by atoms with Crippen molar-refractivity contribution in [3.8, 4) is 11.8 Å². The van der Waals surface area contributed by atoms with Crippen LogP contribution in [0, 0.1) is 11.3 Å². The summed E-state index contributed by atoms with van der Waals surface area (Å²) in [4.78, 5) is 0.343. The number of ether oxygens (including phenoxy) is 1. The van der Waals surface area contributed by atoms with Gasteiger partial charge in [0.15, 0.2) is 0 Å². The fraction of sp³-hybridized carbons (Fsp3) is 0.154. The van der Waals surface area contributed by atoms with E-state index in [0.29, 0.717) is 29.5 Å². The van der Waals surface area contributed by atoms with Crippen molar-refractivity contribution in [2.45, 2.75) is 4.21 Å².